The minimum atomic E-state index is -2.02. The number of carbonyl (C=O) groups is 4. The molecule has 0 atom stereocenters. The molecule has 0 fully saturated rings. The van der Waals surface area contributed by atoms with Gasteiger partial charge in [-0.3, -0.25) is 0 Å². The summed E-state index contributed by atoms with van der Waals surface area (Å²) in [6.07, 6.45) is 0. The first-order valence-electron chi connectivity index (χ1n) is 9.38. The average molecular weight is 474 g/mol. The lowest BCUT2D eigenvalue weighted by atomic mass is 10.1. The van der Waals surface area contributed by atoms with Gasteiger partial charge in [-0.1, -0.05) is 27.2 Å². The van der Waals surface area contributed by atoms with Crippen molar-refractivity contribution in [1.82, 2.24) is 0 Å². The lowest BCUT2D eigenvalue weighted by Crippen LogP contribution is -1.98. The molecule has 10 heteroatoms. The van der Waals surface area contributed by atoms with Crippen LogP contribution in [0.4, 0.5) is 0 Å². The summed E-state index contributed by atoms with van der Waals surface area (Å²) < 4.78 is 0. The Morgan fingerprint density at radius 1 is 0.531 bits per heavy atom. The third-order valence-corrected chi connectivity index (χ3v) is 11.4. The predicted octanol–water partition coefficient (Wildman–Crippen LogP) is 5.66. The highest BCUT2D eigenvalue weighted by atomic mass is 31.1. The maximum atomic E-state index is 12.1. The third kappa shape index (κ3) is 3.42. The van der Waals surface area contributed by atoms with Crippen LogP contribution in [-0.4, -0.2) is 44.3 Å². The van der Waals surface area contributed by atoms with Gasteiger partial charge in [0.1, 0.15) is 0 Å². The van der Waals surface area contributed by atoms with Crippen molar-refractivity contribution in [2.75, 3.05) is 0 Å². The van der Waals surface area contributed by atoms with Gasteiger partial charge in [0.05, 0.1) is 21.2 Å². The third-order valence-electron chi connectivity index (χ3n) is 5.61. The van der Waals surface area contributed by atoms with Crippen molar-refractivity contribution in [3.05, 3.63) is 67.7 Å². The van der Waals surface area contributed by atoms with Gasteiger partial charge >= 0.3 is 23.9 Å². The zero-order chi connectivity index (χ0) is 24.1. The minimum absolute atomic E-state index is 0.0494. The Hall–Kier alpha value is -3.34. The van der Waals surface area contributed by atoms with Crippen LogP contribution in [0.1, 0.15) is 62.6 Å². The Bertz CT molecular complexity index is 1150. The molecule has 8 nitrogen and oxygen atoms in total. The van der Waals surface area contributed by atoms with E-state index < -0.39 is 38.9 Å². The fraction of sp³-hybridized carbons (Fsp3) is 0.182. The van der Waals surface area contributed by atoms with E-state index >= 15 is 0 Å². The summed E-state index contributed by atoms with van der Waals surface area (Å²) in [6.45, 7) is 6.19. The molecule has 0 aliphatic carbocycles. The SMILES string of the molecule is Cc1c(C)c(C(=O)O)p(-c2ccccc2-p2c(C(=O)O)c(C)c(C)c2C(=O)O)c1C(=O)O. The number of hydrogen-bond donors (Lipinski definition) is 4. The molecule has 3 rings (SSSR count). The van der Waals surface area contributed by atoms with Crippen LogP contribution < -0.4 is 0 Å². The van der Waals surface area contributed by atoms with E-state index in [2.05, 4.69) is 0 Å². The Labute approximate surface area is 184 Å². The van der Waals surface area contributed by atoms with Gasteiger partial charge in [0.2, 0.25) is 0 Å². The van der Waals surface area contributed by atoms with Crippen molar-refractivity contribution in [3.8, 4) is 10.6 Å². The molecule has 3 aromatic rings. The van der Waals surface area contributed by atoms with Crippen LogP contribution in [-0.2, 0) is 0 Å². The number of hydrogen-bond acceptors (Lipinski definition) is 4. The molecule has 0 spiro atoms. The quantitative estimate of drug-likeness (QED) is 0.357. The Balaban J connectivity index is 2.57. The number of rotatable bonds is 6. The Morgan fingerprint density at radius 3 is 0.938 bits per heavy atom. The van der Waals surface area contributed by atoms with Crippen molar-refractivity contribution in [1.29, 1.82) is 0 Å². The molecule has 4 N–H and O–H groups in total. The summed E-state index contributed by atoms with van der Waals surface area (Å²) in [5.41, 5.74) is 1.41. The van der Waals surface area contributed by atoms with E-state index in [1.165, 1.54) is 0 Å². The van der Waals surface area contributed by atoms with Gasteiger partial charge in [0.25, 0.3) is 0 Å². The first-order chi connectivity index (χ1) is 14.9. The minimum Gasteiger partial charge on any atom is -0.477 e. The second kappa shape index (κ2) is 8.30. The number of carboxylic acids is 4. The van der Waals surface area contributed by atoms with E-state index in [0.717, 1.165) is 0 Å². The lowest BCUT2D eigenvalue weighted by molar-refractivity contribution is 0.0688. The van der Waals surface area contributed by atoms with Gasteiger partial charge in [-0.25, -0.2) is 19.2 Å². The van der Waals surface area contributed by atoms with Crippen LogP contribution >= 0.6 is 15.1 Å². The van der Waals surface area contributed by atoms with Gasteiger partial charge in [0.15, 0.2) is 0 Å². The van der Waals surface area contributed by atoms with Crippen LogP contribution in [0, 0.1) is 27.7 Å². The second-order valence-electron chi connectivity index (χ2n) is 7.27. The molecule has 0 radical (unpaired) electrons. The van der Waals surface area contributed by atoms with Gasteiger partial charge < -0.3 is 20.4 Å². The summed E-state index contributed by atoms with van der Waals surface area (Å²) in [5.74, 6) is -5.02. The summed E-state index contributed by atoms with van der Waals surface area (Å²) >= 11 is 0. The smallest absolute Gasteiger partial charge is 0.340 e. The van der Waals surface area contributed by atoms with E-state index in [4.69, 9.17) is 0 Å². The molecule has 166 valence electrons. The largest absolute Gasteiger partial charge is 0.477 e. The molecular formula is C22H20O8P2. The standard InChI is InChI=1S/C22H20O8P2/c1-9-10(2)16(20(25)26)31(15(9)19(23)24)13-7-5-6-8-14(13)32-17(21(27)28)11(3)12(4)18(32)22(29)30/h5-8H,1-4H3,(H,23,24)(H,25,26)(H,27,28)(H,29,30). The summed E-state index contributed by atoms with van der Waals surface area (Å²) in [7, 11) is -4.04. The molecule has 0 bridgehead atoms. The van der Waals surface area contributed by atoms with Crippen molar-refractivity contribution in [3.63, 3.8) is 0 Å². The molecule has 0 saturated carbocycles. The van der Waals surface area contributed by atoms with E-state index in [-0.39, 0.29) is 21.2 Å². The monoisotopic (exact) mass is 474 g/mol. The molecular weight excluding hydrogens is 454 g/mol. The Kier molecular flexibility index (Phi) is 6.05. The summed E-state index contributed by atoms with van der Waals surface area (Å²) in [6, 6.07) is 6.37. The molecule has 0 aliphatic rings. The van der Waals surface area contributed by atoms with Gasteiger partial charge in [-0.15, -0.1) is 0 Å². The molecule has 32 heavy (non-hydrogen) atoms. The fourth-order valence-corrected chi connectivity index (χ4v) is 9.82. The van der Waals surface area contributed by atoms with Crippen LogP contribution in [0.2, 0.25) is 0 Å². The van der Waals surface area contributed by atoms with E-state index in [9.17, 15) is 39.6 Å². The first kappa shape index (κ1) is 23.3. The van der Waals surface area contributed by atoms with E-state index in [0.29, 0.717) is 32.9 Å². The molecule has 0 saturated heterocycles. The molecule has 1 aromatic carbocycles. The maximum Gasteiger partial charge on any atom is 0.340 e. The summed E-state index contributed by atoms with van der Waals surface area (Å²) in [4.78, 5) is 48.5. The molecule has 0 aliphatic heterocycles. The van der Waals surface area contributed by atoms with Crippen LogP contribution in [0.3, 0.4) is 0 Å². The normalized spacial score (nSPS) is 10.9. The van der Waals surface area contributed by atoms with Crippen molar-refractivity contribution < 1.29 is 39.6 Å². The number of benzene rings is 1. The Morgan fingerprint density at radius 2 is 0.750 bits per heavy atom. The second-order valence-corrected chi connectivity index (χ2v) is 11.4. The number of aromatic carboxylic acids is 4. The zero-order valence-corrected chi connectivity index (χ0v) is 19.4. The molecule has 2 heterocycles. The van der Waals surface area contributed by atoms with Crippen molar-refractivity contribution in [2.24, 2.45) is 0 Å². The zero-order valence-electron chi connectivity index (χ0n) is 17.6. The first-order valence-corrected chi connectivity index (χ1v) is 12.1. The van der Waals surface area contributed by atoms with Crippen LogP contribution in [0.25, 0.3) is 10.6 Å². The molecule has 0 unspecified atom stereocenters. The van der Waals surface area contributed by atoms with Gasteiger partial charge in [-0.05, 0) is 62.1 Å². The van der Waals surface area contributed by atoms with E-state index in [1.54, 1.807) is 52.0 Å². The van der Waals surface area contributed by atoms with Crippen molar-refractivity contribution in [2.45, 2.75) is 27.7 Å². The highest BCUT2D eigenvalue weighted by molar-refractivity contribution is 7.66. The lowest BCUT2D eigenvalue weighted by Gasteiger charge is -2.14. The fourth-order valence-electron chi connectivity index (χ4n) is 3.95. The van der Waals surface area contributed by atoms with Crippen molar-refractivity contribution >= 4 is 38.9 Å². The van der Waals surface area contributed by atoms with E-state index in [1.807, 2.05) is 0 Å². The highest BCUT2D eigenvalue weighted by Gasteiger charge is 2.33. The van der Waals surface area contributed by atoms with Gasteiger partial charge in [-0.2, -0.15) is 0 Å². The highest BCUT2D eigenvalue weighted by Crippen LogP contribution is 2.61. The van der Waals surface area contributed by atoms with Crippen LogP contribution in [0.15, 0.2) is 24.3 Å². The molecule has 0 amide bonds. The van der Waals surface area contributed by atoms with Crippen LogP contribution in [0.5, 0.6) is 0 Å². The molecule has 2 aromatic heterocycles. The maximum absolute atomic E-state index is 12.1. The predicted molar refractivity (Wildman–Crippen MR) is 121 cm³/mol. The topological polar surface area (TPSA) is 149 Å². The summed E-state index contributed by atoms with van der Waals surface area (Å²) in [5, 5.41) is 40.1. The average Bonchev–Trinajstić information content (AvgIpc) is 3.12. The number of carboxylic acid groups (broad SMARTS) is 4. The van der Waals surface area contributed by atoms with Gasteiger partial charge in [0, 0.05) is 10.6 Å².